The molecule has 1 aromatic carbocycles. The Kier molecular flexibility index (Phi) is 4.27. The molecule has 0 saturated carbocycles. The van der Waals surface area contributed by atoms with Gasteiger partial charge in [0.1, 0.15) is 0 Å². The van der Waals surface area contributed by atoms with Crippen LogP contribution in [0.2, 0.25) is 0 Å². The van der Waals surface area contributed by atoms with Crippen molar-refractivity contribution in [2.24, 2.45) is 5.92 Å². The van der Waals surface area contributed by atoms with Crippen molar-refractivity contribution >= 4 is 16.7 Å². The van der Waals surface area contributed by atoms with Crippen molar-refractivity contribution in [3.63, 3.8) is 0 Å². The van der Waals surface area contributed by atoms with E-state index in [-0.39, 0.29) is 11.7 Å². The van der Waals surface area contributed by atoms with Gasteiger partial charge in [-0.1, -0.05) is 19.9 Å². The lowest BCUT2D eigenvalue weighted by Crippen LogP contribution is -2.26. The average molecular weight is 256 g/mol. The predicted molar refractivity (Wildman–Crippen MR) is 78.5 cm³/mol. The molecule has 2 rings (SSSR count). The molecule has 19 heavy (non-hydrogen) atoms. The molecule has 1 N–H and O–H groups in total. The van der Waals surface area contributed by atoms with Gasteiger partial charge in [0.05, 0.1) is 5.52 Å². The first-order chi connectivity index (χ1) is 9.11. The van der Waals surface area contributed by atoms with Crippen LogP contribution in [0.5, 0.6) is 0 Å². The summed E-state index contributed by atoms with van der Waals surface area (Å²) in [6.45, 7) is 7.58. The maximum atomic E-state index is 12.3. The fraction of sp³-hybridized carbons (Fsp3) is 0.375. The van der Waals surface area contributed by atoms with Gasteiger partial charge in [-0.2, -0.15) is 0 Å². The molecule has 0 fully saturated rings. The summed E-state index contributed by atoms with van der Waals surface area (Å²) in [5.74, 6) is 0.180. The fourth-order valence-electron chi connectivity index (χ4n) is 2.12. The molecular formula is C16H20N2O. The van der Waals surface area contributed by atoms with Crippen LogP contribution in [-0.4, -0.2) is 23.9 Å². The van der Waals surface area contributed by atoms with Crippen LogP contribution in [0.15, 0.2) is 30.3 Å². The maximum absolute atomic E-state index is 12.3. The summed E-state index contributed by atoms with van der Waals surface area (Å²) in [6.07, 6.45) is 0. The summed E-state index contributed by atoms with van der Waals surface area (Å²) in [4.78, 5) is 16.7. The highest BCUT2D eigenvalue weighted by atomic mass is 16.1. The maximum Gasteiger partial charge on any atom is 0.166 e. The van der Waals surface area contributed by atoms with Crippen molar-refractivity contribution in [1.82, 2.24) is 10.3 Å². The molecule has 1 atom stereocenters. The van der Waals surface area contributed by atoms with Gasteiger partial charge in [0.25, 0.3) is 0 Å². The lowest BCUT2D eigenvalue weighted by Gasteiger charge is -2.11. The van der Waals surface area contributed by atoms with Crippen molar-refractivity contribution < 1.29 is 4.79 Å². The van der Waals surface area contributed by atoms with Gasteiger partial charge in [-0.15, -0.1) is 0 Å². The van der Waals surface area contributed by atoms with Gasteiger partial charge in [0.2, 0.25) is 0 Å². The molecule has 3 heteroatoms. The molecule has 1 aromatic heterocycles. The smallest absolute Gasteiger partial charge is 0.166 e. The van der Waals surface area contributed by atoms with Crippen LogP contribution in [0.4, 0.5) is 0 Å². The predicted octanol–water partition coefficient (Wildman–Crippen LogP) is 2.97. The molecule has 0 aliphatic rings. The molecule has 3 nitrogen and oxygen atoms in total. The van der Waals surface area contributed by atoms with E-state index in [2.05, 4.69) is 10.3 Å². The fourth-order valence-corrected chi connectivity index (χ4v) is 2.12. The first-order valence-corrected chi connectivity index (χ1v) is 6.74. The van der Waals surface area contributed by atoms with Crippen LogP contribution in [0.3, 0.4) is 0 Å². The second kappa shape index (κ2) is 5.93. The summed E-state index contributed by atoms with van der Waals surface area (Å²) < 4.78 is 0. The van der Waals surface area contributed by atoms with Gasteiger partial charge in [-0.05, 0) is 37.7 Å². The Morgan fingerprint density at radius 2 is 2.11 bits per heavy atom. The molecule has 1 unspecified atom stereocenters. The van der Waals surface area contributed by atoms with Gasteiger partial charge < -0.3 is 5.32 Å². The van der Waals surface area contributed by atoms with Crippen LogP contribution in [0.1, 0.15) is 29.9 Å². The standard InChI is InChI=1S/C16H20N2O/c1-4-17-10-11(2)16(19)14-7-8-15-13(9-14)6-5-12(3)18-15/h5-9,11,17H,4,10H2,1-3H3. The summed E-state index contributed by atoms with van der Waals surface area (Å²) in [7, 11) is 0. The topological polar surface area (TPSA) is 42.0 Å². The molecule has 0 amide bonds. The highest BCUT2D eigenvalue weighted by Gasteiger charge is 2.15. The highest BCUT2D eigenvalue weighted by Crippen LogP contribution is 2.17. The summed E-state index contributed by atoms with van der Waals surface area (Å²) in [5, 5.41) is 4.23. The minimum absolute atomic E-state index is 0.00388. The van der Waals surface area contributed by atoms with E-state index in [1.165, 1.54) is 0 Å². The summed E-state index contributed by atoms with van der Waals surface area (Å²) in [5.41, 5.74) is 2.70. The van der Waals surface area contributed by atoms with Crippen molar-refractivity contribution in [3.05, 3.63) is 41.6 Å². The largest absolute Gasteiger partial charge is 0.316 e. The van der Waals surface area contributed by atoms with Gasteiger partial charge in [0, 0.05) is 29.1 Å². The van der Waals surface area contributed by atoms with Crippen molar-refractivity contribution in [2.45, 2.75) is 20.8 Å². The molecule has 0 saturated heterocycles. The Balaban J connectivity index is 2.25. The van der Waals surface area contributed by atoms with Gasteiger partial charge in [-0.3, -0.25) is 9.78 Å². The minimum atomic E-state index is -0.00388. The molecule has 0 radical (unpaired) electrons. The minimum Gasteiger partial charge on any atom is -0.316 e. The third-order valence-electron chi connectivity index (χ3n) is 3.26. The SMILES string of the molecule is CCNCC(C)C(=O)c1ccc2nc(C)ccc2c1. The van der Waals surface area contributed by atoms with E-state index >= 15 is 0 Å². The van der Waals surface area contributed by atoms with E-state index in [1.807, 2.05) is 51.1 Å². The number of carbonyl (C=O) groups excluding carboxylic acids is 1. The highest BCUT2D eigenvalue weighted by molar-refractivity contribution is 6.00. The number of hydrogen-bond donors (Lipinski definition) is 1. The van der Waals surface area contributed by atoms with Crippen LogP contribution in [0, 0.1) is 12.8 Å². The zero-order chi connectivity index (χ0) is 13.8. The number of rotatable bonds is 5. The van der Waals surface area contributed by atoms with E-state index < -0.39 is 0 Å². The Morgan fingerprint density at radius 1 is 1.32 bits per heavy atom. The number of aryl methyl sites for hydroxylation is 1. The molecule has 2 aromatic rings. The number of hydrogen-bond acceptors (Lipinski definition) is 3. The summed E-state index contributed by atoms with van der Waals surface area (Å²) >= 11 is 0. The molecular weight excluding hydrogens is 236 g/mol. The van der Waals surface area contributed by atoms with Gasteiger partial charge >= 0.3 is 0 Å². The van der Waals surface area contributed by atoms with Crippen LogP contribution in [-0.2, 0) is 0 Å². The number of nitrogens with zero attached hydrogens (tertiary/aromatic N) is 1. The first-order valence-electron chi connectivity index (χ1n) is 6.74. The lowest BCUT2D eigenvalue weighted by atomic mass is 9.98. The average Bonchev–Trinajstić information content (AvgIpc) is 2.43. The molecule has 0 spiro atoms. The number of fused-ring (bicyclic) bond motifs is 1. The van der Waals surface area contributed by atoms with Crippen molar-refractivity contribution in [3.8, 4) is 0 Å². The lowest BCUT2D eigenvalue weighted by molar-refractivity contribution is 0.0929. The molecule has 100 valence electrons. The van der Waals surface area contributed by atoms with E-state index in [1.54, 1.807) is 0 Å². The zero-order valence-electron chi connectivity index (χ0n) is 11.7. The second-order valence-corrected chi connectivity index (χ2v) is 4.93. The molecule has 0 aliphatic carbocycles. The number of ketones is 1. The Morgan fingerprint density at radius 3 is 2.84 bits per heavy atom. The van der Waals surface area contributed by atoms with E-state index in [0.29, 0.717) is 0 Å². The Bertz CT molecular complexity index is 592. The van der Waals surface area contributed by atoms with E-state index in [4.69, 9.17) is 0 Å². The van der Waals surface area contributed by atoms with E-state index in [9.17, 15) is 4.79 Å². The molecule has 1 heterocycles. The third-order valence-corrected chi connectivity index (χ3v) is 3.26. The number of carbonyl (C=O) groups is 1. The summed E-state index contributed by atoms with van der Waals surface area (Å²) in [6, 6.07) is 9.73. The van der Waals surface area contributed by atoms with Crippen LogP contribution in [0.25, 0.3) is 10.9 Å². The first kappa shape index (κ1) is 13.7. The van der Waals surface area contributed by atoms with E-state index in [0.717, 1.165) is 35.2 Å². The molecule has 0 aliphatic heterocycles. The number of pyridine rings is 1. The monoisotopic (exact) mass is 256 g/mol. The number of nitrogens with one attached hydrogen (secondary N) is 1. The number of aromatic nitrogens is 1. The van der Waals surface area contributed by atoms with Crippen LogP contribution >= 0.6 is 0 Å². The normalized spacial score (nSPS) is 12.6. The number of Topliss-reactive ketones (excluding diaryl/α,β-unsaturated/α-hetero) is 1. The Labute approximate surface area is 114 Å². The molecule has 0 bridgehead atoms. The second-order valence-electron chi connectivity index (χ2n) is 4.93. The zero-order valence-corrected chi connectivity index (χ0v) is 11.7. The van der Waals surface area contributed by atoms with Crippen LogP contribution < -0.4 is 5.32 Å². The Hall–Kier alpha value is -1.74. The van der Waals surface area contributed by atoms with Crippen molar-refractivity contribution in [2.75, 3.05) is 13.1 Å². The third kappa shape index (κ3) is 3.18. The van der Waals surface area contributed by atoms with Gasteiger partial charge in [0.15, 0.2) is 5.78 Å². The quantitative estimate of drug-likeness (QED) is 0.836. The van der Waals surface area contributed by atoms with Gasteiger partial charge in [-0.25, -0.2) is 0 Å². The number of benzene rings is 1. The van der Waals surface area contributed by atoms with Crippen molar-refractivity contribution in [1.29, 1.82) is 0 Å².